The molecule has 0 aliphatic carbocycles. The molecule has 2 heterocycles. The molecule has 1 fully saturated rings. The highest BCUT2D eigenvalue weighted by Gasteiger charge is 2.25. The molecular weight excluding hydrogens is 321 g/mol. The van der Waals surface area contributed by atoms with Crippen molar-refractivity contribution < 1.29 is 13.9 Å². The maximum absolute atomic E-state index is 13.4. The predicted molar refractivity (Wildman–Crippen MR) is 94.4 cm³/mol. The van der Waals surface area contributed by atoms with Gasteiger partial charge >= 0.3 is 0 Å². The molecule has 1 aliphatic rings. The first-order valence-corrected chi connectivity index (χ1v) is 8.41. The van der Waals surface area contributed by atoms with Gasteiger partial charge in [-0.1, -0.05) is 12.1 Å². The van der Waals surface area contributed by atoms with E-state index in [0.29, 0.717) is 24.6 Å². The number of hydrogen-bond donors (Lipinski definition) is 1. The second-order valence-electron chi connectivity index (χ2n) is 6.14. The van der Waals surface area contributed by atoms with Crippen LogP contribution in [-0.4, -0.2) is 44.2 Å². The van der Waals surface area contributed by atoms with Crippen LogP contribution in [0.3, 0.4) is 0 Å². The smallest absolute Gasteiger partial charge is 0.252 e. The molecule has 0 unspecified atom stereocenters. The van der Waals surface area contributed by atoms with Crippen molar-refractivity contribution in [1.29, 1.82) is 0 Å². The summed E-state index contributed by atoms with van der Waals surface area (Å²) in [5.41, 5.74) is 1.55. The summed E-state index contributed by atoms with van der Waals surface area (Å²) in [6.07, 6.45) is 2.55. The summed E-state index contributed by atoms with van der Waals surface area (Å²) in [6, 6.07) is 10.4. The molecule has 0 radical (unpaired) electrons. The standard InChI is InChI=1S/C19H22FN3O2/c1-25-10-8-21-19(24)15-5-6-18(22-12-15)23-9-7-16(13-23)14-3-2-4-17(20)11-14/h2-6,11-12,16H,7-10,13H2,1H3,(H,21,24)/t16-/m1/s1. The number of nitrogens with one attached hydrogen (secondary N) is 1. The summed E-state index contributed by atoms with van der Waals surface area (Å²) in [5, 5.41) is 2.77. The van der Waals surface area contributed by atoms with E-state index >= 15 is 0 Å². The van der Waals surface area contributed by atoms with E-state index in [9.17, 15) is 9.18 Å². The number of carbonyl (C=O) groups excluding carboxylic acids is 1. The van der Waals surface area contributed by atoms with Gasteiger partial charge in [0.2, 0.25) is 0 Å². The van der Waals surface area contributed by atoms with E-state index in [1.165, 1.54) is 6.07 Å². The van der Waals surface area contributed by atoms with Crippen molar-refractivity contribution in [3.05, 3.63) is 59.5 Å². The minimum Gasteiger partial charge on any atom is -0.383 e. The van der Waals surface area contributed by atoms with E-state index in [1.807, 2.05) is 12.1 Å². The summed E-state index contributed by atoms with van der Waals surface area (Å²) >= 11 is 0. The Morgan fingerprint density at radius 3 is 3.00 bits per heavy atom. The minimum absolute atomic E-state index is 0.157. The van der Waals surface area contributed by atoms with E-state index in [4.69, 9.17) is 4.74 Å². The number of nitrogens with zero attached hydrogens (tertiary/aromatic N) is 2. The molecule has 1 aromatic carbocycles. The Balaban J connectivity index is 1.60. The van der Waals surface area contributed by atoms with Crippen LogP contribution in [0.5, 0.6) is 0 Å². The van der Waals surface area contributed by atoms with Gasteiger partial charge in [0.15, 0.2) is 0 Å². The van der Waals surface area contributed by atoms with Crippen LogP contribution in [0.4, 0.5) is 10.2 Å². The summed E-state index contributed by atoms with van der Waals surface area (Å²) in [6.45, 7) is 2.62. The van der Waals surface area contributed by atoms with Crippen LogP contribution in [0.1, 0.15) is 28.3 Å². The molecule has 0 saturated carbocycles. The predicted octanol–water partition coefficient (Wildman–Crippen LogP) is 2.59. The van der Waals surface area contributed by atoms with Gasteiger partial charge in [0.1, 0.15) is 11.6 Å². The quantitative estimate of drug-likeness (QED) is 0.819. The Labute approximate surface area is 146 Å². The number of carbonyl (C=O) groups is 1. The van der Waals surface area contributed by atoms with Gasteiger partial charge in [-0.25, -0.2) is 9.37 Å². The fraction of sp³-hybridized carbons (Fsp3) is 0.368. The van der Waals surface area contributed by atoms with Crippen LogP contribution < -0.4 is 10.2 Å². The van der Waals surface area contributed by atoms with Gasteiger partial charge < -0.3 is 15.0 Å². The highest BCUT2D eigenvalue weighted by Crippen LogP contribution is 2.30. The van der Waals surface area contributed by atoms with Gasteiger partial charge in [0.25, 0.3) is 5.91 Å². The Morgan fingerprint density at radius 2 is 2.28 bits per heavy atom. The molecule has 132 valence electrons. The maximum Gasteiger partial charge on any atom is 0.252 e. The lowest BCUT2D eigenvalue weighted by Crippen LogP contribution is -2.27. The molecule has 5 nitrogen and oxygen atoms in total. The molecule has 2 aromatic rings. The van der Waals surface area contributed by atoms with Crippen LogP contribution in [0, 0.1) is 5.82 Å². The van der Waals surface area contributed by atoms with E-state index in [2.05, 4.69) is 15.2 Å². The summed E-state index contributed by atoms with van der Waals surface area (Å²) in [4.78, 5) is 18.5. The third kappa shape index (κ3) is 4.33. The van der Waals surface area contributed by atoms with E-state index < -0.39 is 0 Å². The number of ether oxygens (including phenoxy) is 1. The molecule has 1 N–H and O–H groups in total. The Hall–Kier alpha value is -2.47. The summed E-state index contributed by atoms with van der Waals surface area (Å²) in [7, 11) is 1.59. The SMILES string of the molecule is COCCNC(=O)c1ccc(N2CC[C@@H](c3cccc(F)c3)C2)nc1. The number of benzene rings is 1. The molecular formula is C19H22FN3O2. The molecule has 1 atom stereocenters. The fourth-order valence-corrected chi connectivity index (χ4v) is 3.08. The second kappa shape index (κ2) is 8.07. The van der Waals surface area contributed by atoms with Crippen molar-refractivity contribution >= 4 is 11.7 Å². The van der Waals surface area contributed by atoms with Crippen molar-refractivity contribution in [2.24, 2.45) is 0 Å². The van der Waals surface area contributed by atoms with E-state index in [0.717, 1.165) is 30.9 Å². The van der Waals surface area contributed by atoms with Crippen molar-refractivity contribution in [2.45, 2.75) is 12.3 Å². The number of pyridine rings is 1. The van der Waals surface area contributed by atoms with Gasteiger partial charge in [-0.15, -0.1) is 0 Å². The molecule has 3 rings (SSSR count). The van der Waals surface area contributed by atoms with Crippen molar-refractivity contribution in [2.75, 3.05) is 38.3 Å². The number of methoxy groups -OCH3 is 1. The number of halogens is 1. The van der Waals surface area contributed by atoms with Gasteiger partial charge in [0.05, 0.1) is 12.2 Å². The van der Waals surface area contributed by atoms with Crippen LogP contribution in [0.25, 0.3) is 0 Å². The maximum atomic E-state index is 13.4. The van der Waals surface area contributed by atoms with Crippen LogP contribution in [0.2, 0.25) is 0 Å². The lowest BCUT2D eigenvalue weighted by Gasteiger charge is -2.18. The molecule has 1 saturated heterocycles. The van der Waals surface area contributed by atoms with Gasteiger partial charge in [0, 0.05) is 38.9 Å². The monoisotopic (exact) mass is 343 g/mol. The molecule has 25 heavy (non-hydrogen) atoms. The van der Waals surface area contributed by atoms with Gasteiger partial charge in [-0.05, 0) is 36.2 Å². The zero-order valence-corrected chi connectivity index (χ0v) is 14.2. The number of rotatable bonds is 6. The second-order valence-corrected chi connectivity index (χ2v) is 6.14. The third-order valence-electron chi connectivity index (χ3n) is 4.43. The van der Waals surface area contributed by atoms with E-state index in [-0.39, 0.29) is 11.7 Å². The number of aromatic nitrogens is 1. The number of amides is 1. The Morgan fingerprint density at radius 1 is 1.40 bits per heavy atom. The van der Waals surface area contributed by atoms with E-state index in [1.54, 1.807) is 31.5 Å². The molecule has 0 spiro atoms. The summed E-state index contributed by atoms with van der Waals surface area (Å²) < 4.78 is 18.3. The van der Waals surface area contributed by atoms with Crippen LogP contribution in [0.15, 0.2) is 42.6 Å². The first-order valence-electron chi connectivity index (χ1n) is 8.41. The minimum atomic E-state index is -0.196. The number of anilines is 1. The first kappa shape index (κ1) is 17.4. The van der Waals surface area contributed by atoms with Gasteiger partial charge in [-0.2, -0.15) is 0 Å². The lowest BCUT2D eigenvalue weighted by molar-refractivity contribution is 0.0937. The van der Waals surface area contributed by atoms with Crippen LogP contribution >= 0.6 is 0 Å². The zero-order valence-electron chi connectivity index (χ0n) is 14.2. The Kier molecular flexibility index (Phi) is 5.60. The molecule has 6 heteroatoms. The Bertz CT molecular complexity index is 721. The number of hydrogen-bond acceptors (Lipinski definition) is 4. The average molecular weight is 343 g/mol. The molecule has 1 aliphatic heterocycles. The average Bonchev–Trinajstić information content (AvgIpc) is 3.12. The van der Waals surface area contributed by atoms with Crippen LogP contribution in [-0.2, 0) is 4.74 Å². The lowest BCUT2D eigenvalue weighted by atomic mass is 9.98. The van der Waals surface area contributed by atoms with Gasteiger partial charge in [-0.3, -0.25) is 4.79 Å². The zero-order chi connectivity index (χ0) is 17.6. The third-order valence-corrected chi connectivity index (χ3v) is 4.43. The van der Waals surface area contributed by atoms with Crippen molar-refractivity contribution in [1.82, 2.24) is 10.3 Å². The highest BCUT2D eigenvalue weighted by atomic mass is 19.1. The summed E-state index contributed by atoms with van der Waals surface area (Å²) in [5.74, 6) is 0.787. The molecule has 1 amide bonds. The van der Waals surface area contributed by atoms with Crippen molar-refractivity contribution in [3.8, 4) is 0 Å². The molecule has 0 bridgehead atoms. The largest absolute Gasteiger partial charge is 0.383 e. The molecule has 1 aromatic heterocycles. The van der Waals surface area contributed by atoms with Crippen molar-refractivity contribution in [3.63, 3.8) is 0 Å². The fourth-order valence-electron chi connectivity index (χ4n) is 3.08. The topological polar surface area (TPSA) is 54.5 Å². The normalized spacial score (nSPS) is 16.9. The highest BCUT2D eigenvalue weighted by molar-refractivity contribution is 5.94. The first-order chi connectivity index (χ1) is 12.2.